The van der Waals surface area contributed by atoms with Gasteiger partial charge < -0.3 is 20.9 Å². The summed E-state index contributed by atoms with van der Waals surface area (Å²) in [6.07, 6.45) is 1.48. The number of nitrogens with zero attached hydrogens (tertiary/aromatic N) is 2. The normalized spacial score (nSPS) is 15.9. The van der Waals surface area contributed by atoms with Crippen LogP contribution in [0.15, 0.2) is 54.6 Å². The Hall–Kier alpha value is -3.62. The number of hydrogen-bond donors (Lipinski definition) is 3. The lowest BCUT2D eigenvalue weighted by molar-refractivity contribution is -0.384. The maximum atomic E-state index is 12.5. The number of piperidine rings is 1. The van der Waals surface area contributed by atoms with Crippen molar-refractivity contribution in [2.75, 3.05) is 36.8 Å². The molecule has 2 aromatic carbocycles. The van der Waals surface area contributed by atoms with E-state index < -0.39 is 4.92 Å². The molecule has 0 aromatic heterocycles. The summed E-state index contributed by atoms with van der Waals surface area (Å²) in [5.74, 6) is -0.386. The van der Waals surface area contributed by atoms with Crippen LogP contribution in [0.2, 0.25) is 0 Å². The van der Waals surface area contributed by atoms with E-state index in [0.717, 1.165) is 18.5 Å². The molecule has 1 aliphatic heterocycles. The summed E-state index contributed by atoms with van der Waals surface area (Å²) in [4.78, 5) is 37.2. The molecule has 9 nitrogen and oxygen atoms in total. The number of likely N-dealkylation sites (tertiary alicyclic amines) is 1. The molecular formula is C21H25N5O4. The van der Waals surface area contributed by atoms with E-state index in [9.17, 15) is 19.7 Å². The highest BCUT2D eigenvalue weighted by Gasteiger charge is 2.28. The van der Waals surface area contributed by atoms with Crippen molar-refractivity contribution >= 4 is 29.0 Å². The second-order valence-electron chi connectivity index (χ2n) is 7.07. The van der Waals surface area contributed by atoms with Gasteiger partial charge >= 0.3 is 6.03 Å². The van der Waals surface area contributed by atoms with Crippen molar-refractivity contribution in [3.05, 3.63) is 64.7 Å². The van der Waals surface area contributed by atoms with E-state index in [1.807, 2.05) is 30.3 Å². The molecule has 158 valence electrons. The minimum atomic E-state index is -0.446. The summed E-state index contributed by atoms with van der Waals surface area (Å²) >= 11 is 0. The standard InChI is InChI=1S/C21H25N5O4/c27-20(23-13-12-22-18-10-4-5-11-19(18)26(29)30)16-7-6-14-25(15-16)21(28)24-17-8-2-1-3-9-17/h1-5,8-11,16,22H,6-7,12-15H2,(H,23,27)(H,24,28)/t16-/m1/s1. The van der Waals surface area contributed by atoms with E-state index in [4.69, 9.17) is 0 Å². The fraction of sp³-hybridized carbons (Fsp3) is 0.333. The second-order valence-corrected chi connectivity index (χ2v) is 7.07. The average molecular weight is 411 g/mol. The largest absolute Gasteiger partial charge is 0.378 e. The Kier molecular flexibility index (Phi) is 7.20. The third-order valence-corrected chi connectivity index (χ3v) is 4.94. The smallest absolute Gasteiger partial charge is 0.321 e. The zero-order valence-electron chi connectivity index (χ0n) is 16.5. The van der Waals surface area contributed by atoms with E-state index >= 15 is 0 Å². The molecule has 0 saturated carbocycles. The van der Waals surface area contributed by atoms with Crippen molar-refractivity contribution in [2.24, 2.45) is 5.92 Å². The second kappa shape index (κ2) is 10.2. The zero-order chi connectivity index (χ0) is 21.3. The number of benzene rings is 2. The molecule has 9 heteroatoms. The number of hydrogen-bond acceptors (Lipinski definition) is 5. The Bertz CT molecular complexity index is 890. The molecule has 1 saturated heterocycles. The maximum absolute atomic E-state index is 12.5. The van der Waals surface area contributed by atoms with E-state index in [1.165, 1.54) is 6.07 Å². The van der Waals surface area contributed by atoms with E-state index in [1.54, 1.807) is 23.1 Å². The van der Waals surface area contributed by atoms with Gasteiger partial charge in [0.15, 0.2) is 0 Å². The van der Waals surface area contributed by atoms with Gasteiger partial charge in [0.25, 0.3) is 5.69 Å². The molecule has 0 spiro atoms. The molecule has 1 aliphatic rings. The number of nitro benzene ring substituents is 1. The maximum Gasteiger partial charge on any atom is 0.321 e. The van der Waals surface area contributed by atoms with Gasteiger partial charge in [-0.15, -0.1) is 0 Å². The van der Waals surface area contributed by atoms with Crippen LogP contribution >= 0.6 is 0 Å². The number of anilines is 2. The number of nitro groups is 1. The summed E-state index contributed by atoms with van der Waals surface area (Å²) in [6.45, 7) is 1.67. The van der Waals surface area contributed by atoms with Gasteiger partial charge in [-0.2, -0.15) is 0 Å². The lowest BCUT2D eigenvalue weighted by Gasteiger charge is -2.32. The van der Waals surface area contributed by atoms with Crippen molar-refractivity contribution in [3.8, 4) is 0 Å². The fourth-order valence-corrected chi connectivity index (χ4v) is 3.41. The van der Waals surface area contributed by atoms with Crippen LogP contribution in [-0.2, 0) is 4.79 Å². The summed E-state index contributed by atoms with van der Waals surface area (Å²) in [5.41, 5.74) is 1.13. The third-order valence-electron chi connectivity index (χ3n) is 4.94. The zero-order valence-corrected chi connectivity index (χ0v) is 16.5. The molecule has 0 bridgehead atoms. The number of rotatable bonds is 7. The van der Waals surface area contributed by atoms with Gasteiger partial charge in [-0.1, -0.05) is 30.3 Å². The van der Waals surface area contributed by atoms with Gasteiger partial charge in [0.05, 0.1) is 10.8 Å². The summed E-state index contributed by atoms with van der Waals surface area (Å²) in [6, 6.07) is 15.4. The minimum Gasteiger partial charge on any atom is -0.378 e. The Morgan fingerprint density at radius 3 is 2.57 bits per heavy atom. The van der Waals surface area contributed by atoms with Crippen LogP contribution in [0, 0.1) is 16.0 Å². The van der Waals surface area contributed by atoms with Crippen molar-refractivity contribution < 1.29 is 14.5 Å². The summed E-state index contributed by atoms with van der Waals surface area (Å²) < 4.78 is 0. The summed E-state index contributed by atoms with van der Waals surface area (Å²) in [7, 11) is 0. The molecule has 3 rings (SSSR count). The van der Waals surface area contributed by atoms with Gasteiger partial charge in [0, 0.05) is 37.9 Å². The van der Waals surface area contributed by atoms with Crippen LogP contribution < -0.4 is 16.0 Å². The lowest BCUT2D eigenvalue weighted by atomic mass is 9.97. The molecule has 0 unspecified atom stereocenters. The molecule has 30 heavy (non-hydrogen) atoms. The molecular weight excluding hydrogens is 386 g/mol. The van der Waals surface area contributed by atoms with Gasteiger partial charge in [-0.3, -0.25) is 14.9 Å². The first-order valence-corrected chi connectivity index (χ1v) is 9.90. The van der Waals surface area contributed by atoms with E-state index in [2.05, 4.69) is 16.0 Å². The SMILES string of the molecule is O=C(NCCNc1ccccc1[N+](=O)[O-])[C@@H]1CCCN(C(=O)Nc2ccccc2)C1. The number of para-hydroxylation sites is 3. The van der Waals surface area contributed by atoms with Crippen LogP contribution in [0.3, 0.4) is 0 Å². The number of carbonyl (C=O) groups excluding carboxylic acids is 2. The summed E-state index contributed by atoms with van der Waals surface area (Å²) in [5, 5.41) is 19.7. The van der Waals surface area contributed by atoms with Crippen LogP contribution in [-0.4, -0.2) is 47.9 Å². The first-order chi connectivity index (χ1) is 14.5. The Morgan fingerprint density at radius 1 is 1.07 bits per heavy atom. The van der Waals surface area contributed by atoms with E-state index in [-0.39, 0.29) is 23.5 Å². The number of urea groups is 1. The number of amides is 3. The topological polar surface area (TPSA) is 117 Å². The monoisotopic (exact) mass is 411 g/mol. The average Bonchev–Trinajstić information content (AvgIpc) is 2.77. The quantitative estimate of drug-likeness (QED) is 0.368. The van der Waals surface area contributed by atoms with Gasteiger partial charge in [0.1, 0.15) is 5.69 Å². The minimum absolute atomic E-state index is 0.00354. The van der Waals surface area contributed by atoms with Crippen molar-refractivity contribution in [2.45, 2.75) is 12.8 Å². The van der Waals surface area contributed by atoms with Crippen molar-refractivity contribution in [3.63, 3.8) is 0 Å². The van der Waals surface area contributed by atoms with Gasteiger partial charge in [-0.05, 0) is 31.0 Å². The van der Waals surface area contributed by atoms with Crippen LogP contribution in [0.5, 0.6) is 0 Å². The van der Waals surface area contributed by atoms with Crippen LogP contribution in [0.4, 0.5) is 21.9 Å². The fourth-order valence-electron chi connectivity index (χ4n) is 3.41. The van der Waals surface area contributed by atoms with E-state index in [0.29, 0.717) is 31.9 Å². The van der Waals surface area contributed by atoms with Crippen LogP contribution in [0.1, 0.15) is 12.8 Å². The highest BCUT2D eigenvalue weighted by molar-refractivity contribution is 5.90. The molecule has 2 aromatic rings. The third kappa shape index (κ3) is 5.69. The van der Waals surface area contributed by atoms with Crippen molar-refractivity contribution in [1.82, 2.24) is 10.2 Å². The molecule has 3 N–H and O–H groups in total. The van der Waals surface area contributed by atoms with Crippen LogP contribution in [0.25, 0.3) is 0 Å². The number of carbonyl (C=O) groups is 2. The first-order valence-electron chi connectivity index (χ1n) is 9.90. The Labute approximate surface area is 174 Å². The highest BCUT2D eigenvalue weighted by Crippen LogP contribution is 2.22. The molecule has 1 heterocycles. The molecule has 1 atom stereocenters. The predicted molar refractivity (Wildman–Crippen MR) is 114 cm³/mol. The highest BCUT2D eigenvalue weighted by atomic mass is 16.6. The molecule has 1 fully saturated rings. The Balaban J connectivity index is 1.44. The predicted octanol–water partition coefficient (Wildman–Crippen LogP) is 3.07. The van der Waals surface area contributed by atoms with Gasteiger partial charge in [0.2, 0.25) is 5.91 Å². The molecule has 0 aliphatic carbocycles. The van der Waals surface area contributed by atoms with Crippen molar-refractivity contribution in [1.29, 1.82) is 0 Å². The first kappa shape index (κ1) is 21.1. The van der Waals surface area contributed by atoms with Gasteiger partial charge in [-0.25, -0.2) is 4.79 Å². The number of nitrogens with one attached hydrogen (secondary N) is 3. The lowest BCUT2D eigenvalue weighted by Crippen LogP contribution is -2.47. The molecule has 0 radical (unpaired) electrons. The molecule has 3 amide bonds. The Morgan fingerprint density at radius 2 is 1.80 bits per heavy atom.